The van der Waals surface area contributed by atoms with Gasteiger partial charge in [-0.1, -0.05) is 17.8 Å². The zero-order chi connectivity index (χ0) is 10.4. The van der Waals surface area contributed by atoms with Crippen LogP contribution in [0.4, 0.5) is 0 Å². The average Bonchev–Trinajstić information content (AvgIpc) is 2.63. The highest BCUT2D eigenvalue weighted by Crippen LogP contribution is 2.10. The minimum absolute atomic E-state index is 0.0712. The van der Waals surface area contributed by atoms with E-state index in [-0.39, 0.29) is 16.8 Å². The van der Waals surface area contributed by atoms with Crippen LogP contribution >= 0.6 is 23.1 Å². The minimum Gasteiger partial charge on any atom is -0.459 e. The largest absolute Gasteiger partial charge is 0.459 e. The lowest BCUT2D eigenvalue weighted by Gasteiger charge is -2.00. The first kappa shape index (κ1) is 11.3. The number of ether oxygens (including phenoxy) is 1. The van der Waals surface area contributed by atoms with Crippen molar-refractivity contribution < 1.29 is 14.3 Å². The minimum atomic E-state index is -0.349. The number of rotatable bonds is 4. The first-order valence-corrected chi connectivity index (χ1v) is 5.86. The second-order valence-electron chi connectivity index (χ2n) is 2.52. The standard InChI is InChI=1S/C9H10O3S2/c1-7(10)14-6-9(11)12-5-8-3-2-4-13-8/h2-4H,5-6H2,1H3. The number of carbonyl (C=O) groups is 2. The first-order valence-electron chi connectivity index (χ1n) is 4.00. The van der Waals surface area contributed by atoms with Gasteiger partial charge in [0, 0.05) is 11.8 Å². The van der Waals surface area contributed by atoms with Gasteiger partial charge in [-0.2, -0.15) is 0 Å². The van der Waals surface area contributed by atoms with Crippen LogP contribution in [0.15, 0.2) is 17.5 Å². The zero-order valence-electron chi connectivity index (χ0n) is 7.69. The van der Waals surface area contributed by atoms with Crippen LogP contribution in [0, 0.1) is 0 Å². The van der Waals surface area contributed by atoms with Crippen LogP contribution in [0.1, 0.15) is 11.8 Å². The van der Waals surface area contributed by atoms with Gasteiger partial charge in [0.25, 0.3) is 0 Å². The average molecular weight is 230 g/mol. The molecule has 1 heterocycles. The van der Waals surface area contributed by atoms with Gasteiger partial charge in [-0.3, -0.25) is 9.59 Å². The third-order valence-electron chi connectivity index (χ3n) is 1.35. The molecular weight excluding hydrogens is 220 g/mol. The summed E-state index contributed by atoms with van der Waals surface area (Å²) in [5, 5.41) is 1.85. The normalized spacial score (nSPS) is 9.79. The Hall–Kier alpha value is -0.810. The highest BCUT2D eigenvalue weighted by atomic mass is 32.2. The Kier molecular flexibility index (Phi) is 4.69. The molecule has 0 fully saturated rings. The van der Waals surface area contributed by atoms with Crippen LogP contribution < -0.4 is 0 Å². The van der Waals surface area contributed by atoms with Crippen molar-refractivity contribution in [2.24, 2.45) is 0 Å². The summed E-state index contributed by atoms with van der Waals surface area (Å²) in [5.74, 6) is -0.251. The molecule has 0 amide bonds. The van der Waals surface area contributed by atoms with E-state index in [9.17, 15) is 9.59 Å². The number of esters is 1. The Labute approximate surface area is 90.5 Å². The molecule has 1 rings (SSSR count). The molecule has 1 aromatic rings. The fraction of sp³-hybridized carbons (Fsp3) is 0.333. The molecule has 0 aliphatic heterocycles. The molecule has 0 bridgehead atoms. The smallest absolute Gasteiger partial charge is 0.316 e. The van der Waals surface area contributed by atoms with Crippen molar-refractivity contribution in [2.45, 2.75) is 13.5 Å². The summed E-state index contributed by atoms with van der Waals surface area (Å²) in [5.41, 5.74) is 0. The maximum Gasteiger partial charge on any atom is 0.316 e. The Morgan fingerprint density at radius 2 is 2.36 bits per heavy atom. The lowest BCUT2D eigenvalue weighted by molar-refractivity contribution is -0.141. The predicted octanol–water partition coefficient (Wildman–Crippen LogP) is 2.07. The molecule has 0 N–H and O–H groups in total. The molecule has 3 nitrogen and oxygen atoms in total. The Morgan fingerprint density at radius 3 is 2.93 bits per heavy atom. The van der Waals surface area contributed by atoms with Gasteiger partial charge in [0.15, 0.2) is 5.12 Å². The number of thiophene rings is 1. The van der Waals surface area contributed by atoms with Crippen molar-refractivity contribution in [3.63, 3.8) is 0 Å². The monoisotopic (exact) mass is 230 g/mol. The van der Waals surface area contributed by atoms with Gasteiger partial charge in [-0.25, -0.2) is 0 Å². The van der Waals surface area contributed by atoms with Crippen molar-refractivity contribution in [2.75, 3.05) is 5.75 Å². The molecule has 0 atom stereocenters. The first-order chi connectivity index (χ1) is 6.68. The number of thioether (sulfide) groups is 1. The molecule has 14 heavy (non-hydrogen) atoms. The number of hydrogen-bond donors (Lipinski definition) is 0. The molecule has 1 aromatic heterocycles. The summed E-state index contributed by atoms with van der Waals surface area (Å²) >= 11 is 2.50. The Balaban J connectivity index is 2.18. The van der Waals surface area contributed by atoms with Crippen LogP contribution in [-0.2, 0) is 20.9 Å². The number of hydrogen-bond acceptors (Lipinski definition) is 5. The summed E-state index contributed by atoms with van der Waals surface area (Å²) in [6.45, 7) is 1.73. The molecule has 0 radical (unpaired) electrons. The fourth-order valence-electron chi connectivity index (χ4n) is 0.749. The third-order valence-corrected chi connectivity index (χ3v) is 2.99. The lowest BCUT2D eigenvalue weighted by atomic mass is 10.5. The molecule has 5 heteroatoms. The highest BCUT2D eigenvalue weighted by Gasteiger charge is 2.05. The topological polar surface area (TPSA) is 43.4 Å². The summed E-state index contributed by atoms with van der Waals surface area (Å²) in [6.07, 6.45) is 0. The number of carbonyl (C=O) groups excluding carboxylic acids is 2. The summed E-state index contributed by atoms with van der Waals surface area (Å²) < 4.78 is 4.94. The fourth-order valence-corrected chi connectivity index (χ4v) is 1.77. The van der Waals surface area contributed by atoms with Gasteiger partial charge in [0.2, 0.25) is 0 Å². The van der Waals surface area contributed by atoms with E-state index in [0.29, 0.717) is 6.61 Å². The molecule has 0 saturated carbocycles. The van der Waals surface area contributed by atoms with Crippen molar-refractivity contribution >= 4 is 34.2 Å². The second kappa shape index (κ2) is 5.82. The van der Waals surface area contributed by atoms with Gasteiger partial charge in [0.1, 0.15) is 6.61 Å². The van der Waals surface area contributed by atoms with Gasteiger partial charge in [0.05, 0.1) is 5.75 Å². The van der Waals surface area contributed by atoms with E-state index in [4.69, 9.17) is 4.74 Å². The second-order valence-corrected chi connectivity index (χ2v) is 4.70. The van der Waals surface area contributed by atoms with Gasteiger partial charge in [-0.15, -0.1) is 11.3 Å². The van der Waals surface area contributed by atoms with Gasteiger partial charge in [-0.05, 0) is 11.4 Å². The van der Waals surface area contributed by atoms with Crippen molar-refractivity contribution in [3.8, 4) is 0 Å². The van der Waals surface area contributed by atoms with Crippen LogP contribution in [0.25, 0.3) is 0 Å². The van der Waals surface area contributed by atoms with E-state index in [1.165, 1.54) is 18.3 Å². The van der Waals surface area contributed by atoms with Crippen LogP contribution in [0.5, 0.6) is 0 Å². The Bertz CT molecular complexity index is 306. The van der Waals surface area contributed by atoms with E-state index in [0.717, 1.165) is 16.6 Å². The maximum atomic E-state index is 11.1. The molecule has 0 aliphatic carbocycles. The third kappa shape index (κ3) is 4.43. The SMILES string of the molecule is CC(=O)SCC(=O)OCc1cccs1. The molecule has 0 aliphatic rings. The molecule has 0 unspecified atom stereocenters. The summed E-state index contributed by atoms with van der Waals surface area (Å²) in [6, 6.07) is 3.80. The van der Waals surface area contributed by atoms with E-state index < -0.39 is 0 Å². The quantitative estimate of drug-likeness (QED) is 0.743. The van der Waals surface area contributed by atoms with E-state index in [1.54, 1.807) is 0 Å². The van der Waals surface area contributed by atoms with Crippen molar-refractivity contribution in [3.05, 3.63) is 22.4 Å². The van der Waals surface area contributed by atoms with Gasteiger partial charge >= 0.3 is 5.97 Å². The summed E-state index contributed by atoms with van der Waals surface area (Å²) in [4.78, 5) is 22.6. The Morgan fingerprint density at radius 1 is 1.57 bits per heavy atom. The molecule has 0 saturated heterocycles. The zero-order valence-corrected chi connectivity index (χ0v) is 9.32. The molecule has 76 valence electrons. The summed E-state index contributed by atoms with van der Waals surface area (Å²) in [7, 11) is 0. The highest BCUT2D eigenvalue weighted by molar-refractivity contribution is 8.14. The van der Waals surface area contributed by atoms with Crippen LogP contribution in [-0.4, -0.2) is 16.8 Å². The maximum absolute atomic E-state index is 11.1. The van der Waals surface area contributed by atoms with Crippen molar-refractivity contribution in [1.82, 2.24) is 0 Å². The van der Waals surface area contributed by atoms with E-state index >= 15 is 0 Å². The molecule has 0 spiro atoms. The van der Waals surface area contributed by atoms with Crippen LogP contribution in [0.2, 0.25) is 0 Å². The molecule has 0 aromatic carbocycles. The molecular formula is C9H10O3S2. The van der Waals surface area contributed by atoms with E-state index in [1.807, 2.05) is 17.5 Å². The van der Waals surface area contributed by atoms with Gasteiger partial charge < -0.3 is 4.74 Å². The van der Waals surface area contributed by atoms with E-state index in [2.05, 4.69) is 0 Å². The predicted molar refractivity (Wildman–Crippen MR) is 57.3 cm³/mol. The van der Waals surface area contributed by atoms with Crippen molar-refractivity contribution in [1.29, 1.82) is 0 Å². The lowest BCUT2D eigenvalue weighted by Crippen LogP contribution is -2.07. The van der Waals surface area contributed by atoms with Crippen LogP contribution in [0.3, 0.4) is 0 Å².